The van der Waals surface area contributed by atoms with Gasteiger partial charge in [-0.3, -0.25) is 0 Å². The first-order valence-electron chi connectivity index (χ1n) is 10.7. The van der Waals surface area contributed by atoms with Crippen molar-refractivity contribution in [3.63, 3.8) is 0 Å². The number of sulfonamides is 1. The summed E-state index contributed by atoms with van der Waals surface area (Å²) < 4.78 is 31.1. The molecule has 1 aromatic heterocycles. The molecule has 4 rings (SSSR count). The fourth-order valence-electron chi connectivity index (χ4n) is 4.31. The highest BCUT2D eigenvalue weighted by molar-refractivity contribution is 7.89. The molecule has 0 unspecified atom stereocenters. The number of urea groups is 1. The number of nitrogens with zero attached hydrogens (tertiary/aromatic N) is 2. The molecule has 9 heteroatoms. The number of pyridine rings is 1. The number of carbonyl (C=O) groups excluding carboxylic acids is 1. The Morgan fingerprint density at radius 2 is 2.03 bits per heavy atom. The summed E-state index contributed by atoms with van der Waals surface area (Å²) in [6.07, 6.45) is 8.28. The van der Waals surface area contributed by atoms with Gasteiger partial charge in [0.1, 0.15) is 5.76 Å². The fraction of sp³-hybridized carbons (Fsp3) is 0.391. The van der Waals surface area contributed by atoms with Crippen molar-refractivity contribution < 1.29 is 17.9 Å². The quantitative estimate of drug-likeness (QED) is 0.717. The molecule has 0 saturated heterocycles. The highest BCUT2D eigenvalue weighted by atomic mass is 32.2. The van der Waals surface area contributed by atoms with E-state index in [0.717, 1.165) is 73.0 Å². The Morgan fingerprint density at radius 1 is 1.22 bits per heavy atom. The summed E-state index contributed by atoms with van der Waals surface area (Å²) in [4.78, 5) is 19.0. The lowest BCUT2D eigenvalue weighted by Gasteiger charge is -2.22. The number of nitrogens with one attached hydrogen (secondary N) is 2. The van der Waals surface area contributed by atoms with Gasteiger partial charge in [0.2, 0.25) is 15.9 Å². The number of benzene rings is 1. The van der Waals surface area contributed by atoms with Crippen molar-refractivity contribution in [1.29, 1.82) is 0 Å². The summed E-state index contributed by atoms with van der Waals surface area (Å²) in [5.74, 6) is 1.38. The van der Waals surface area contributed by atoms with Gasteiger partial charge < -0.3 is 15.0 Å². The lowest BCUT2D eigenvalue weighted by molar-refractivity contribution is 0.256. The first-order valence-corrected chi connectivity index (χ1v) is 12.5. The van der Waals surface area contributed by atoms with Gasteiger partial charge >= 0.3 is 6.03 Å². The van der Waals surface area contributed by atoms with Crippen molar-refractivity contribution in [3.8, 4) is 17.0 Å². The van der Waals surface area contributed by atoms with Crippen molar-refractivity contribution in [2.75, 3.05) is 31.7 Å². The minimum Gasteiger partial charge on any atom is -0.444 e. The van der Waals surface area contributed by atoms with E-state index in [1.807, 2.05) is 23.8 Å². The summed E-state index contributed by atoms with van der Waals surface area (Å²) in [5, 5.41) is 2.81. The van der Waals surface area contributed by atoms with Crippen LogP contribution in [0, 0.1) is 6.92 Å². The standard InChI is InChI=1S/C23H28N4O4S/c1-15-13-16-5-4-6-19(16)22(25-23(28)26-32(3,29)30)21(15)17-7-10-24-20(14-17)31-18-8-11-27(2)12-9-18/h7-8,10,13-14H,4-6,9,11-12H2,1-3H3,(H2,25,26,28). The molecule has 2 heterocycles. The molecule has 2 amide bonds. The molecule has 0 bridgehead atoms. The number of likely N-dealkylation sites (N-methyl/N-ethyl adjacent to an activating group) is 1. The smallest absolute Gasteiger partial charge is 0.332 e. The average molecular weight is 457 g/mol. The molecule has 1 aliphatic carbocycles. The molecular weight excluding hydrogens is 428 g/mol. The minimum absolute atomic E-state index is 0.490. The molecular formula is C23H28N4O4S. The van der Waals surface area contributed by atoms with Gasteiger partial charge in [-0.15, -0.1) is 0 Å². The van der Waals surface area contributed by atoms with Crippen molar-refractivity contribution in [2.24, 2.45) is 0 Å². The number of fused-ring (bicyclic) bond motifs is 1. The van der Waals surface area contributed by atoms with Crippen LogP contribution < -0.4 is 14.8 Å². The number of anilines is 1. The van der Waals surface area contributed by atoms with E-state index in [-0.39, 0.29) is 0 Å². The van der Waals surface area contributed by atoms with Gasteiger partial charge in [-0.05, 0) is 67.6 Å². The predicted octanol–water partition coefficient (Wildman–Crippen LogP) is 3.23. The second-order valence-corrected chi connectivity index (χ2v) is 10.2. The largest absolute Gasteiger partial charge is 0.444 e. The zero-order valence-electron chi connectivity index (χ0n) is 18.6. The molecule has 1 aliphatic heterocycles. The zero-order chi connectivity index (χ0) is 22.9. The number of ether oxygens (including phenoxy) is 1. The summed E-state index contributed by atoms with van der Waals surface area (Å²) in [5.41, 5.74) is 5.57. The van der Waals surface area contributed by atoms with Crippen LogP contribution in [0.1, 0.15) is 29.5 Å². The highest BCUT2D eigenvalue weighted by Crippen LogP contribution is 2.40. The second kappa shape index (κ2) is 8.91. The Bertz CT molecular complexity index is 1190. The van der Waals surface area contributed by atoms with E-state index in [2.05, 4.69) is 34.4 Å². The Kier molecular flexibility index (Phi) is 6.21. The van der Waals surface area contributed by atoms with E-state index in [9.17, 15) is 13.2 Å². The number of aryl methyl sites for hydroxylation is 2. The van der Waals surface area contributed by atoms with Crippen molar-refractivity contribution in [3.05, 3.63) is 52.9 Å². The van der Waals surface area contributed by atoms with Crippen molar-refractivity contribution >= 4 is 21.7 Å². The summed E-state index contributed by atoms with van der Waals surface area (Å²) >= 11 is 0. The fourth-order valence-corrected chi connectivity index (χ4v) is 4.70. The van der Waals surface area contributed by atoms with Crippen LogP contribution in [0.4, 0.5) is 10.5 Å². The van der Waals surface area contributed by atoms with Crippen LogP contribution in [0.25, 0.3) is 11.1 Å². The molecule has 8 nitrogen and oxygen atoms in total. The molecule has 0 saturated carbocycles. The highest BCUT2D eigenvalue weighted by Gasteiger charge is 2.23. The number of hydrogen-bond acceptors (Lipinski definition) is 6. The molecule has 2 N–H and O–H groups in total. The maximum absolute atomic E-state index is 12.4. The Hall–Kier alpha value is -2.91. The van der Waals surface area contributed by atoms with Gasteiger partial charge in [-0.1, -0.05) is 6.07 Å². The van der Waals surface area contributed by atoms with E-state index >= 15 is 0 Å². The van der Waals surface area contributed by atoms with Crippen LogP contribution in [0.3, 0.4) is 0 Å². The molecule has 0 atom stereocenters. The lowest BCUT2D eigenvalue weighted by Crippen LogP contribution is -2.34. The maximum Gasteiger partial charge on any atom is 0.332 e. The van der Waals surface area contributed by atoms with Gasteiger partial charge in [-0.2, -0.15) is 0 Å². The van der Waals surface area contributed by atoms with Crippen molar-refractivity contribution in [1.82, 2.24) is 14.6 Å². The van der Waals surface area contributed by atoms with Crippen LogP contribution in [0.2, 0.25) is 0 Å². The Labute approximate surface area is 188 Å². The number of amides is 2. The molecule has 0 radical (unpaired) electrons. The third-order valence-corrected chi connectivity index (χ3v) is 6.30. The first kappa shape index (κ1) is 22.3. The van der Waals surface area contributed by atoms with Gasteiger partial charge in [0.05, 0.1) is 11.9 Å². The van der Waals surface area contributed by atoms with Crippen LogP contribution in [0.15, 0.2) is 36.2 Å². The van der Waals surface area contributed by atoms with E-state index in [1.54, 1.807) is 6.20 Å². The van der Waals surface area contributed by atoms with Gasteiger partial charge in [0.15, 0.2) is 0 Å². The Morgan fingerprint density at radius 3 is 2.75 bits per heavy atom. The molecule has 0 spiro atoms. The third kappa shape index (κ3) is 5.11. The molecule has 0 fully saturated rings. The number of aromatic nitrogens is 1. The molecule has 1 aromatic carbocycles. The SMILES string of the molecule is Cc1cc2c(c(NC(=O)NS(C)(=O)=O)c1-c1ccnc(OC3=CCN(C)CC3)c1)CCC2. The monoisotopic (exact) mass is 456 g/mol. The lowest BCUT2D eigenvalue weighted by atomic mass is 9.93. The molecule has 170 valence electrons. The summed E-state index contributed by atoms with van der Waals surface area (Å²) in [7, 11) is -1.61. The number of carbonyl (C=O) groups is 1. The van der Waals surface area contributed by atoms with E-state index in [1.165, 1.54) is 5.56 Å². The van der Waals surface area contributed by atoms with E-state index in [0.29, 0.717) is 11.6 Å². The predicted molar refractivity (Wildman–Crippen MR) is 124 cm³/mol. The zero-order valence-corrected chi connectivity index (χ0v) is 19.4. The molecule has 32 heavy (non-hydrogen) atoms. The van der Waals surface area contributed by atoms with Crippen LogP contribution in [-0.2, 0) is 22.9 Å². The second-order valence-electron chi connectivity index (χ2n) is 8.43. The number of rotatable bonds is 5. The maximum atomic E-state index is 12.4. The third-order valence-electron chi connectivity index (χ3n) is 5.74. The molecule has 2 aromatic rings. The number of hydrogen-bond donors (Lipinski definition) is 2. The topological polar surface area (TPSA) is 101 Å². The van der Waals surface area contributed by atoms with Gasteiger partial charge in [0, 0.05) is 37.3 Å². The summed E-state index contributed by atoms with van der Waals surface area (Å²) in [6.45, 7) is 3.76. The normalized spacial score (nSPS) is 16.3. The van der Waals surface area contributed by atoms with Crippen LogP contribution in [0.5, 0.6) is 5.88 Å². The van der Waals surface area contributed by atoms with E-state index < -0.39 is 16.1 Å². The summed E-state index contributed by atoms with van der Waals surface area (Å²) in [6, 6.07) is 5.12. The molecule has 2 aliphatic rings. The minimum atomic E-state index is -3.67. The first-order chi connectivity index (χ1) is 15.2. The van der Waals surface area contributed by atoms with Gasteiger partial charge in [-0.25, -0.2) is 22.9 Å². The van der Waals surface area contributed by atoms with Crippen molar-refractivity contribution in [2.45, 2.75) is 32.6 Å². The Balaban J connectivity index is 1.71. The van der Waals surface area contributed by atoms with Crippen LogP contribution >= 0.6 is 0 Å². The van der Waals surface area contributed by atoms with Crippen LogP contribution in [-0.4, -0.2) is 50.7 Å². The van der Waals surface area contributed by atoms with Gasteiger partial charge in [0.25, 0.3) is 0 Å². The average Bonchev–Trinajstić information content (AvgIpc) is 3.17. The van der Waals surface area contributed by atoms with E-state index in [4.69, 9.17) is 4.74 Å².